The second-order valence-corrected chi connectivity index (χ2v) is 17.9. The van der Waals surface area contributed by atoms with E-state index in [9.17, 15) is 9.59 Å². The molecule has 6 aromatic rings. The maximum absolute atomic E-state index is 9.38. The molecule has 1 radical (unpaired) electrons. The Morgan fingerprint density at radius 3 is 1.33 bits per heavy atom. The number of halogens is 2. The molecule has 0 saturated carbocycles. The predicted molar refractivity (Wildman–Crippen MR) is 231 cm³/mol. The molecular weight excluding hydrogens is 785 g/mol. The third-order valence-corrected chi connectivity index (χ3v) is 8.87. The van der Waals surface area contributed by atoms with Crippen LogP contribution in [-0.4, -0.2) is 20.4 Å². The van der Waals surface area contributed by atoms with Gasteiger partial charge < -0.3 is 10.5 Å². The van der Waals surface area contributed by atoms with Crippen molar-refractivity contribution in [3.05, 3.63) is 131 Å². The first-order valence-corrected chi connectivity index (χ1v) is 25.2. The van der Waals surface area contributed by atoms with Crippen LogP contribution in [0.25, 0.3) is 43.8 Å². The van der Waals surface area contributed by atoms with Gasteiger partial charge in [-0.1, -0.05) is 126 Å². The molecule has 0 aliphatic rings. The van der Waals surface area contributed by atoms with Gasteiger partial charge in [-0.25, -0.2) is 0 Å². The summed E-state index contributed by atoms with van der Waals surface area (Å²) in [6.07, 6.45) is 7.89. The summed E-state index contributed by atoms with van der Waals surface area (Å²) in [4.78, 5) is 18.8. The second kappa shape index (κ2) is 24.9. The molecule has 0 atom stereocenters. The van der Waals surface area contributed by atoms with Crippen LogP contribution in [0.15, 0.2) is 109 Å². The zero-order chi connectivity index (χ0) is 39.3. The van der Waals surface area contributed by atoms with Gasteiger partial charge in [0.05, 0.1) is 0 Å². The van der Waals surface area contributed by atoms with Crippen molar-refractivity contribution in [2.45, 2.75) is 80.1 Å². The molecule has 0 saturated heterocycles. The quantitative estimate of drug-likeness (QED) is 0.0497. The Kier molecular flexibility index (Phi) is 20.7. The van der Waals surface area contributed by atoms with Crippen molar-refractivity contribution in [3.63, 3.8) is 0 Å². The van der Waals surface area contributed by atoms with Gasteiger partial charge in [0.1, 0.15) is 0 Å². The third-order valence-electron chi connectivity index (χ3n) is 8.87. The molecular formula is C46H54BCl2N2O2Zr. The fourth-order valence-corrected chi connectivity index (χ4v) is 6.90. The molecule has 0 aliphatic carbocycles. The number of rotatable bonds is 14. The van der Waals surface area contributed by atoms with Crippen LogP contribution < -0.4 is 10.5 Å². The Balaban J connectivity index is 0.000000233. The molecule has 0 bridgehead atoms. The van der Waals surface area contributed by atoms with Crippen molar-refractivity contribution in [1.82, 2.24) is 10.5 Å². The number of amides is 2. The van der Waals surface area contributed by atoms with Crippen LogP contribution in [0.5, 0.6) is 0 Å². The number of fused-ring (bicyclic) bond motifs is 2. The van der Waals surface area contributed by atoms with E-state index < -0.39 is 20.8 Å². The zero-order valence-corrected chi connectivity index (χ0v) is 36.6. The zero-order valence-electron chi connectivity index (χ0n) is 32.6. The summed E-state index contributed by atoms with van der Waals surface area (Å²) in [5, 5.41) is 9.76. The van der Waals surface area contributed by atoms with Crippen LogP contribution in [0.1, 0.15) is 76.6 Å². The summed E-state index contributed by atoms with van der Waals surface area (Å²) in [6, 6.07) is 40.7. The topological polar surface area (TPSA) is 58.2 Å². The minimum atomic E-state index is -0.826. The summed E-state index contributed by atoms with van der Waals surface area (Å²) in [6.45, 7) is 13.6. The second-order valence-electron chi connectivity index (χ2n) is 14.1. The summed E-state index contributed by atoms with van der Waals surface area (Å²) < 4.78 is 0. The van der Waals surface area contributed by atoms with E-state index in [1.54, 1.807) is 0 Å². The van der Waals surface area contributed by atoms with E-state index in [-0.39, 0.29) is 0 Å². The summed E-state index contributed by atoms with van der Waals surface area (Å²) in [7, 11) is 11.0. The van der Waals surface area contributed by atoms with Gasteiger partial charge in [0, 0.05) is 0 Å². The molecule has 2 amide bonds. The van der Waals surface area contributed by atoms with Crippen LogP contribution in [0.4, 0.5) is 0 Å². The molecule has 4 nitrogen and oxygen atoms in total. The molecule has 0 unspecified atom stereocenters. The predicted octanol–water partition coefficient (Wildman–Crippen LogP) is 12.1. The van der Waals surface area contributed by atoms with Gasteiger partial charge in [-0.15, -0.1) is 69.1 Å². The Morgan fingerprint density at radius 2 is 0.981 bits per heavy atom. The van der Waals surface area contributed by atoms with Gasteiger partial charge in [-0.05, 0) is 59.8 Å². The van der Waals surface area contributed by atoms with Gasteiger partial charge in [0.15, 0.2) is 12.8 Å². The van der Waals surface area contributed by atoms with Crippen molar-refractivity contribution in [1.29, 1.82) is 0 Å². The molecule has 6 rings (SSSR count). The van der Waals surface area contributed by atoms with E-state index in [2.05, 4.69) is 161 Å². The van der Waals surface area contributed by atoms with Crippen molar-refractivity contribution in [3.8, 4) is 22.3 Å². The average molecular weight is 840 g/mol. The summed E-state index contributed by atoms with van der Waals surface area (Å²) in [5.41, 5.74) is 11.4. The first-order valence-electron chi connectivity index (χ1n) is 18.9. The van der Waals surface area contributed by atoms with E-state index in [4.69, 9.17) is 17.0 Å². The number of nitrogens with one attached hydrogen (secondary N) is 2. The molecule has 281 valence electrons. The van der Waals surface area contributed by atoms with Gasteiger partial charge >= 0.3 is 45.4 Å². The standard InChI is InChI=1S/2C22H25.C2H4BN2O2.2ClH.Zr/c2*1-4-8-18-9-5-6-11-20(18)21-12-7-10-19-14-17(13-16(2)3)15-22(19)21;6-1-4-3-5-2-7;;;/h2*5-7,9-12,14-16H,4,8,13H2,1-3H3;1-2H,(H,4,6)(H,5,7);2*1H;/q2*-1;;;;+4/p-2. The molecule has 0 heterocycles. The first kappa shape index (κ1) is 45.0. The normalized spacial score (nSPS) is 10.3. The Labute approximate surface area is 343 Å². The Hall–Kier alpha value is -3.43. The molecule has 0 aliphatic heterocycles. The van der Waals surface area contributed by atoms with Crippen LogP contribution in [0.3, 0.4) is 0 Å². The van der Waals surface area contributed by atoms with Crippen molar-refractivity contribution >= 4 is 58.9 Å². The minimum absolute atomic E-state index is 0.455. The number of aryl methyl sites for hydroxylation is 2. The maximum atomic E-state index is 9.38. The molecule has 8 heteroatoms. The Morgan fingerprint density at radius 1 is 0.611 bits per heavy atom. The van der Waals surface area contributed by atoms with Crippen molar-refractivity contribution in [2.75, 3.05) is 0 Å². The molecule has 54 heavy (non-hydrogen) atoms. The average Bonchev–Trinajstić information content (AvgIpc) is 3.76. The van der Waals surface area contributed by atoms with E-state index in [1.807, 2.05) is 0 Å². The fourth-order valence-electron chi connectivity index (χ4n) is 6.90. The van der Waals surface area contributed by atoms with Gasteiger partial charge in [0.25, 0.3) is 0 Å². The number of hydrogen-bond donors (Lipinski definition) is 2. The monoisotopic (exact) mass is 837 g/mol. The number of carbonyl (C=O) groups excluding carboxylic acids is 2. The van der Waals surface area contributed by atoms with Crippen LogP contribution in [0.2, 0.25) is 0 Å². The number of carbonyl (C=O) groups is 2. The number of benzene rings is 4. The van der Waals surface area contributed by atoms with Crippen LogP contribution in [0, 0.1) is 11.8 Å². The van der Waals surface area contributed by atoms with E-state index >= 15 is 0 Å². The first-order chi connectivity index (χ1) is 26.2. The summed E-state index contributed by atoms with van der Waals surface area (Å²) in [5.74, 6) is 1.40. The van der Waals surface area contributed by atoms with Gasteiger partial charge in [-0.2, -0.15) is 12.1 Å². The van der Waals surface area contributed by atoms with E-state index in [0.717, 1.165) is 33.2 Å². The fraction of sp³-hybridized carbons (Fsp3) is 0.304. The summed E-state index contributed by atoms with van der Waals surface area (Å²) >= 11 is -0.826. The van der Waals surface area contributed by atoms with Crippen LogP contribution in [-0.2, 0) is 56.1 Å². The van der Waals surface area contributed by atoms with Crippen molar-refractivity contribution < 1.29 is 30.4 Å². The third kappa shape index (κ3) is 14.0. The van der Waals surface area contributed by atoms with Gasteiger partial charge in [0.2, 0.25) is 0 Å². The Bertz CT molecular complexity index is 1860. The van der Waals surface area contributed by atoms with E-state index in [0.29, 0.717) is 24.7 Å². The van der Waals surface area contributed by atoms with Crippen molar-refractivity contribution in [2.24, 2.45) is 11.8 Å². The molecule has 0 spiro atoms. The molecule has 2 N–H and O–H groups in total. The SMILES string of the molecule is CCCc1ccccc1-c1cccc2[cH-]c(CC(C)C)cc12.CCCc1ccccc1-c1cccc2[cH-]c(CC(C)C)cc12.O=CN[B]NC=O.[Cl][Zr+2][Cl]. The molecule has 6 aromatic carbocycles. The van der Waals surface area contributed by atoms with Gasteiger partial charge in [-0.3, -0.25) is 9.59 Å². The van der Waals surface area contributed by atoms with Crippen LogP contribution >= 0.6 is 17.0 Å². The molecule has 0 aromatic heterocycles. The van der Waals surface area contributed by atoms with E-state index in [1.165, 1.54) is 78.9 Å². The number of hydrogen-bond acceptors (Lipinski definition) is 2. The molecule has 0 fully saturated rings.